The van der Waals surface area contributed by atoms with Crippen LogP contribution < -0.4 is 5.73 Å². The average Bonchev–Trinajstić information content (AvgIpc) is 2.35. The number of nitrogens with zero attached hydrogens (tertiary/aromatic N) is 1. The number of rotatable bonds is 4. The van der Waals surface area contributed by atoms with Crippen LogP contribution in [0.3, 0.4) is 0 Å². The zero-order valence-electron chi connectivity index (χ0n) is 10.9. The van der Waals surface area contributed by atoms with E-state index >= 15 is 0 Å². The van der Waals surface area contributed by atoms with Gasteiger partial charge >= 0.3 is 0 Å². The third-order valence-electron chi connectivity index (χ3n) is 3.36. The van der Waals surface area contributed by atoms with Crippen molar-refractivity contribution in [3.05, 3.63) is 23.8 Å². The summed E-state index contributed by atoms with van der Waals surface area (Å²) in [4.78, 5) is 2.38. The zero-order valence-corrected chi connectivity index (χ0v) is 10.9. The molecule has 0 aliphatic carbocycles. The summed E-state index contributed by atoms with van der Waals surface area (Å²) in [6.45, 7) is 5.78. The number of anilines is 1. The lowest BCUT2D eigenvalue weighted by atomic mass is 10.1. The van der Waals surface area contributed by atoms with E-state index < -0.39 is 0 Å². The summed E-state index contributed by atoms with van der Waals surface area (Å²) >= 11 is 0. The van der Waals surface area contributed by atoms with E-state index in [9.17, 15) is 5.11 Å². The van der Waals surface area contributed by atoms with Crippen LogP contribution in [0.15, 0.2) is 18.2 Å². The van der Waals surface area contributed by atoms with E-state index in [2.05, 4.69) is 4.90 Å². The van der Waals surface area contributed by atoms with Gasteiger partial charge in [0.25, 0.3) is 0 Å². The number of piperidine rings is 1. The number of benzene rings is 1. The third kappa shape index (κ3) is 3.37. The van der Waals surface area contributed by atoms with Gasteiger partial charge in [-0.25, -0.2) is 0 Å². The molecule has 0 bridgehead atoms. The first-order valence-electron chi connectivity index (χ1n) is 6.60. The standard InChI is InChI=1S/C14H22N2O2/c1-2-18-12-4-3-7-16(10-12)9-11-5-6-14(17)13(15)8-11/h5-6,8,12,17H,2-4,7,9-10,15H2,1H3. The summed E-state index contributed by atoms with van der Waals surface area (Å²) in [6.07, 6.45) is 2.69. The molecule has 1 aromatic carbocycles. The number of nitrogens with two attached hydrogens (primary N) is 1. The van der Waals surface area contributed by atoms with Crippen molar-refractivity contribution in [1.82, 2.24) is 4.90 Å². The smallest absolute Gasteiger partial charge is 0.138 e. The van der Waals surface area contributed by atoms with Crippen LogP contribution in [0, 0.1) is 0 Å². The summed E-state index contributed by atoms with van der Waals surface area (Å²) in [5.74, 6) is 0.157. The molecule has 4 heteroatoms. The SMILES string of the molecule is CCOC1CCCN(Cc2ccc(O)c(N)c2)C1. The molecule has 0 spiro atoms. The van der Waals surface area contributed by atoms with Crippen LogP contribution in [-0.2, 0) is 11.3 Å². The molecule has 18 heavy (non-hydrogen) atoms. The van der Waals surface area contributed by atoms with Gasteiger partial charge in [0.2, 0.25) is 0 Å². The molecule has 1 heterocycles. The first-order valence-corrected chi connectivity index (χ1v) is 6.60. The highest BCUT2D eigenvalue weighted by molar-refractivity contribution is 5.53. The molecule has 0 saturated carbocycles. The van der Waals surface area contributed by atoms with Gasteiger partial charge < -0.3 is 15.6 Å². The number of hydrogen-bond acceptors (Lipinski definition) is 4. The van der Waals surface area contributed by atoms with E-state index in [4.69, 9.17) is 10.5 Å². The summed E-state index contributed by atoms with van der Waals surface area (Å²) < 4.78 is 5.69. The molecule has 1 fully saturated rings. The Morgan fingerprint density at radius 1 is 1.50 bits per heavy atom. The van der Waals surface area contributed by atoms with E-state index in [-0.39, 0.29) is 5.75 Å². The molecular formula is C14H22N2O2. The summed E-state index contributed by atoms with van der Waals surface area (Å²) in [6, 6.07) is 5.43. The number of phenolic OH excluding ortho intramolecular Hbond substituents is 1. The molecule has 1 unspecified atom stereocenters. The Hall–Kier alpha value is -1.26. The van der Waals surface area contributed by atoms with Crippen molar-refractivity contribution in [3.63, 3.8) is 0 Å². The van der Waals surface area contributed by atoms with Gasteiger partial charge in [-0.1, -0.05) is 6.07 Å². The number of aromatic hydroxyl groups is 1. The minimum absolute atomic E-state index is 0.157. The van der Waals surface area contributed by atoms with Crippen LogP contribution in [0.4, 0.5) is 5.69 Å². The first-order chi connectivity index (χ1) is 8.69. The van der Waals surface area contributed by atoms with Gasteiger partial charge in [-0.3, -0.25) is 4.90 Å². The van der Waals surface area contributed by atoms with Gasteiger partial charge in [0.05, 0.1) is 11.8 Å². The van der Waals surface area contributed by atoms with Crippen molar-refractivity contribution in [3.8, 4) is 5.75 Å². The number of hydrogen-bond donors (Lipinski definition) is 2. The van der Waals surface area contributed by atoms with Gasteiger partial charge in [-0.05, 0) is 44.0 Å². The lowest BCUT2D eigenvalue weighted by molar-refractivity contribution is 0.00363. The Kier molecular flexibility index (Phi) is 4.44. The van der Waals surface area contributed by atoms with E-state index in [1.54, 1.807) is 6.07 Å². The van der Waals surface area contributed by atoms with E-state index in [0.717, 1.165) is 38.2 Å². The maximum absolute atomic E-state index is 9.40. The van der Waals surface area contributed by atoms with Crippen LogP contribution in [0.1, 0.15) is 25.3 Å². The molecule has 1 atom stereocenters. The molecular weight excluding hydrogens is 228 g/mol. The van der Waals surface area contributed by atoms with Crippen molar-refractivity contribution in [2.24, 2.45) is 0 Å². The van der Waals surface area contributed by atoms with Crippen LogP contribution >= 0.6 is 0 Å². The highest BCUT2D eigenvalue weighted by atomic mass is 16.5. The van der Waals surface area contributed by atoms with Crippen molar-refractivity contribution < 1.29 is 9.84 Å². The fraction of sp³-hybridized carbons (Fsp3) is 0.571. The van der Waals surface area contributed by atoms with Crippen LogP contribution in [0.5, 0.6) is 5.75 Å². The Morgan fingerprint density at radius 2 is 2.33 bits per heavy atom. The van der Waals surface area contributed by atoms with E-state index in [1.165, 1.54) is 6.42 Å². The third-order valence-corrected chi connectivity index (χ3v) is 3.36. The number of phenols is 1. The molecule has 1 aromatic rings. The minimum Gasteiger partial charge on any atom is -0.506 e. The molecule has 1 aliphatic heterocycles. The Labute approximate surface area is 108 Å². The highest BCUT2D eigenvalue weighted by Crippen LogP contribution is 2.22. The largest absolute Gasteiger partial charge is 0.506 e. The topological polar surface area (TPSA) is 58.7 Å². The minimum atomic E-state index is 0.157. The van der Waals surface area contributed by atoms with Gasteiger partial charge in [-0.2, -0.15) is 0 Å². The molecule has 4 nitrogen and oxygen atoms in total. The second-order valence-corrected chi connectivity index (χ2v) is 4.85. The molecule has 100 valence electrons. The predicted molar refractivity (Wildman–Crippen MR) is 72.4 cm³/mol. The number of ether oxygens (including phenoxy) is 1. The maximum Gasteiger partial charge on any atom is 0.138 e. The molecule has 0 aromatic heterocycles. The van der Waals surface area contributed by atoms with Gasteiger partial charge in [0.1, 0.15) is 5.75 Å². The molecule has 3 N–H and O–H groups in total. The second kappa shape index (κ2) is 6.07. The Balaban J connectivity index is 1.93. The zero-order chi connectivity index (χ0) is 13.0. The predicted octanol–water partition coefficient (Wildman–Crippen LogP) is 1.98. The van der Waals surface area contributed by atoms with E-state index in [1.807, 2.05) is 19.1 Å². The molecule has 2 rings (SSSR count). The van der Waals surface area contributed by atoms with Gasteiger partial charge in [-0.15, -0.1) is 0 Å². The van der Waals surface area contributed by atoms with Gasteiger partial charge in [0, 0.05) is 19.7 Å². The van der Waals surface area contributed by atoms with Crippen LogP contribution in [0.2, 0.25) is 0 Å². The lowest BCUT2D eigenvalue weighted by Crippen LogP contribution is -2.39. The number of nitrogen functional groups attached to an aromatic ring is 1. The lowest BCUT2D eigenvalue weighted by Gasteiger charge is -2.32. The molecule has 0 amide bonds. The Morgan fingerprint density at radius 3 is 3.06 bits per heavy atom. The fourth-order valence-electron chi connectivity index (χ4n) is 2.49. The summed E-state index contributed by atoms with van der Waals surface area (Å²) in [5, 5.41) is 9.40. The van der Waals surface area contributed by atoms with Crippen molar-refractivity contribution in [2.45, 2.75) is 32.4 Å². The summed E-state index contributed by atoms with van der Waals surface area (Å²) in [5.41, 5.74) is 7.30. The fourth-order valence-corrected chi connectivity index (χ4v) is 2.49. The van der Waals surface area contributed by atoms with Crippen molar-refractivity contribution in [1.29, 1.82) is 0 Å². The second-order valence-electron chi connectivity index (χ2n) is 4.85. The normalized spacial score (nSPS) is 21.1. The monoisotopic (exact) mass is 250 g/mol. The maximum atomic E-state index is 9.40. The van der Waals surface area contributed by atoms with Crippen LogP contribution in [-0.4, -0.2) is 35.8 Å². The van der Waals surface area contributed by atoms with E-state index in [0.29, 0.717) is 11.8 Å². The van der Waals surface area contributed by atoms with Crippen molar-refractivity contribution >= 4 is 5.69 Å². The molecule has 0 radical (unpaired) electrons. The molecule has 1 saturated heterocycles. The van der Waals surface area contributed by atoms with Crippen LogP contribution in [0.25, 0.3) is 0 Å². The Bertz CT molecular complexity index is 393. The quantitative estimate of drug-likeness (QED) is 0.633. The average molecular weight is 250 g/mol. The summed E-state index contributed by atoms with van der Waals surface area (Å²) in [7, 11) is 0. The number of likely N-dealkylation sites (tertiary alicyclic amines) is 1. The van der Waals surface area contributed by atoms with Gasteiger partial charge in [0.15, 0.2) is 0 Å². The van der Waals surface area contributed by atoms with Crippen molar-refractivity contribution in [2.75, 3.05) is 25.4 Å². The highest BCUT2D eigenvalue weighted by Gasteiger charge is 2.20. The first kappa shape index (κ1) is 13.2. The molecule has 1 aliphatic rings.